The Morgan fingerprint density at radius 1 is 1.42 bits per heavy atom. The molecule has 0 heterocycles. The van der Waals surface area contributed by atoms with Crippen molar-refractivity contribution in [3.05, 3.63) is 39.9 Å². The molecule has 0 spiro atoms. The van der Waals surface area contributed by atoms with Crippen LogP contribution in [-0.4, -0.2) is 23.2 Å². The van der Waals surface area contributed by atoms with Gasteiger partial charge < -0.3 is 10.8 Å². The van der Waals surface area contributed by atoms with Crippen LogP contribution in [0.4, 0.5) is 5.69 Å². The summed E-state index contributed by atoms with van der Waals surface area (Å²) in [4.78, 5) is 10.5. The van der Waals surface area contributed by atoms with Crippen LogP contribution in [0.5, 0.6) is 0 Å². The van der Waals surface area contributed by atoms with Crippen LogP contribution in [0, 0.1) is 15.5 Å². The van der Waals surface area contributed by atoms with Crippen molar-refractivity contribution in [3.8, 4) is 0 Å². The molecule has 0 bridgehead atoms. The lowest BCUT2D eigenvalue weighted by molar-refractivity contribution is -0.384. The number of non-ortho nitro benzene ring substituents is 1. The van der Waals surface area contributed by atoms with Crippen molar-refractivity contribution in [2.45, 2.75) is 31.6 Å². The van der Waals surface area contributed by atoms with Gasteiger partial charge in [0.15, 0.2) is 0 Å². The van der Waals surface area contributed by atoms with Gasteiger partial charge in [0.2, 0.25) is 0 Å². The Balaban J connectivity index is 2.36. The topological polar surface area (TPSA) is 89.4 Å². The summed E-state index contributed by atoms with van der Waals surface area (Å²) >= 11 is 0. The summed E-state index contributed by atoms with van der Waals surface area (Å²) in [7, 11) is 0. The average Bonchev–Trinajstić information content (AvgIpc) is 2.90. The maximum absolute atomic E-state index is 10.9. The number of rotatable bonds is 5. The van der Waals surface area contributed by atoms with Crippen LogP contribution in [0.3, 0.4) is 0 Å². The number of aliphatic hydroxyl groups is 1. The predicted octanol–water partition coefficient (Wildman–Crippen LogP) is 2.19. The molecular weight excluding hydrogens is 244 g/mol. The van der Waals surface area contributed by atoms with E-state index < -0.39 is 4.92 Å². The molecule has 0 amide bonds. The summed E-state index contributed by atoms with van der Waals surface area (Å²) in [6.45, 7) is 0.499. The van der Waals surface area contributed by atoms with Gasteiger partial charge in [0.1, 0.15) is 0 Å². The van der Waals surface area contributed by atoms with Gasteiger partial charge in [-0.05, 0) is 24.9 Å². The molecule has 5 heteroatoms. The van der Waals surface area contributed by atoms with Gasteiger partial charge in [0, 0.05) is 30.1 Å². The Hall–Kier alpha value is -1.46. The van der Waals surface area contributed by atoms with E-state index in [4.69, 9.17) is 5.73 Å². The summed E-state index contributed by atoms with van der Waals surface area (Å²) in [6, 6.07) is 6.64. The number of nitrogens with zero attached hydrogens (tertiary/aromatic N) is 1. The maximum atomic E-state index is 10.9. The Labute approximate surface area is 112 Å². The highest BCUT2D eigenvalue weighted by Crippen LogP contribution is 2.48. The average molecular weight is 264 g/mol. The molecule has 0 radical (unpaired) electrons. The van der Waals surface area contributed by atoms with Crippen LogP contribution in [-0.2, 0) is 0 Å². The number of hydrogen-bond donors (Lipinski definition) is 2. The van der Waals surface area contributed by atoms with Crippen molar-refractivity contribution in [1.29, 1.82) is 0 Å². The molecule has 1 aromatic carbocycles. The summed E-state index contributed by atoms with van der Waals surface area (Å²) in [5.41, 5.74) is 6.64. The van der Waals surface area contributed by atoms with Crippen LogP contribution in [0.2, 0.25) is 0 Å². The minimum Gasteiger partial charge on any atom is -0.396 e. The second-order valence-electron chi connectivity index (χ2n) is 5.37. The number of nitro groups is 1. The Morgan fingerprint density at radius 2 is 2.11 bits per heavy atom. The third-order valence-electron chi connectivity index (χ3n) is 4.37. The smallest absolute Gasteiger partial charge is 0.269 e. The van der Waals surface area contributed by atoms with Gasteiger partial charge in [0.25, 0.3) is 5.69 Å². The number of benzene rings is 1. The summed E-state index contributed by atoms with van der Waals surface area (Å²) in [6.07, 6.45) is 4.06. The van der Waals surface area contributed by atoms with Gasteiger partial charge in [-0.15, -0.1) is 0 Å². The van der Waals surface area contributed by atoms with E-state index in [-0.39, 0.29) is 23.6 Å². The van der Waals surface area contributed by atoms with Crippen molar-refractivity contribution >= 4 is 5.69 Å². The molecule has 1 saturated carbocycles. The fourth-order valence-electron chi connectivity index (χ4n) is 3.29. The molecule has 0 aromatic heterocycles. The zero-order valence-electron chi connectivity index (χ0n) is 10.9. The van der Waals surface area contributed by atoms with Crippen molar-refractivity contribution < 1.29 is 10.0 Å². The first kappa shape index (κ1) is 14.0. The first-order valence-electron chi connectivity index (χ1n) is 6.68. The second-order valence-corrected chi connectivity index (χ2v) is 5.37. The van der Waals surface area contributed by atoms with Gasteiger partial charge in [-0.2, -0.15) is 0 Å². The molecule has 1 fully saturated rings. The third kappa shape index (κ3) is 2.62. The van der Waals surface area contributed by atoms with E-state index in [0.717, 1.165) is 31.2 Å². The standard InChI is InChI=1S/C14H20N2O3/c15-9-13(14(10-17)6-1-2-7-14)11-4-3-5-12(8-11)16(18)19/h3-5,8,13,17H,1-2,6-7,9-10,15H2/t13-/m1/s1. The van der Waals surface area contributed by atoms with Crippen LogP contribution >= 0.6 is 0 Å². The number of hydrogen-bond acceptors (Lipinski definition) is 4. The molecule has 104 valence electrons. The van der Waals surface area contributed by atoms with E-state index in [1.54, 1.807) is 12.1 Å². The van der Waals surface area contributed by atoms with E-state index in [1.807, 2.05) is 6.07 Å². The van der Waals surface area contributed by atoms with Gasteiger partial charge >= 0.3 is 0 Å². The maximum Gasteiger partial charge on any atom is 0.269 e. The Bertz CT molecular complexity index is 456. The molecule has 5 nitrogen and oxygen atoms in total. The predicted molar refractivity (Wildman–Crippen MR) is 72.9 cm³/mol. The number of aliphatic hydroxyl groups excluding tert-OH is 1. The van der Waals surface area contributed by atoms with Crippen molar-refractivity contribution in [2.75, 3.05) is 13.2 Å². The van der Waals surface area contributed by atoms with Crippen LogP contribution in [0.25, 0.3) is 0 Å². The van der Waals surface area contributed by atoms with E-state index in [2.05, 4.69) is 0 Å². The molecule has 1 aliphatic carbocycles. The monoisotopic (exact) mass is 264 g/mol. The van der Waals surface area contributed by atoms with Crippen LogP contribution < -0.4 is 5.73 Å². The van der Waals surface area contributed by atoms with Gasteiger partial charge in [-0.1, -0.05) is 25.0 Å². The fraction of sp³-hybridized carbons (Fsp3) is 0.571. The van der Waals surface area contributed by atoms with Crippen molar-refractivity contribution in [3.63, 3.8) is 0 Å². The lowest BCUT2D eigenvalue weighted by atomic mass is 9.71. The van der Waals surface area contributed by atoms with Gasteiger partial charge in [-0.3, -0.25) is 10.1 Å². The molecule has 0 saturated heterocycles. The minimum atomic E-state index is -0.392. The van der Waals surface area contributed by atoms with Crippen molar-refractivity contribution in [1.82, 2.24) is 0 Å². The van der Waals surface area contributed by atoms with E-state index >= 15 is 0 Å². The largest absolute Gasteiger partial charge is 0.396 e. The molecule has 2 rings (SSSR count). The zero-order chi connectivity index (χ0) is 13.9. The van der Waals surface area contributed by atoms with Gasteiger partial charge in [-0.25, -0.2) is 0 Å². The highest BCUT2D eigenvalue weighted by atomic mass is 16.6. The summed E-state index contributed by atoms with van der Waals surface area (Å²) < 4.78 is 0. The molecule has 0 aliphatic heterocycles. The highest BCUT2D eigenvalue weighted by molar-refractivity contribution is 5.37. The molecule has 1 aromatic rings. The van der Waals surface area contributed by atoms with E-state index in [9.17, 15) is 15.2 Å². The molecule has 3 N–H and O–H groups in total. The van der Waals surface area contributed by atoms with Crippen molar-refractivity contribution in [2.24, 2.45) is 11.1 Å². The molecule has 0 unspecified atom stereocenters. The molecule has 1 aliphatic rings. The summed E-state index contributed by atoms with van der Waals surface area (Å²) in [5, 5.41) is 20.6. The Kier molecular flexibility index (Phi) is 4.17. The van der Waals surface area contributed by atoms with E-state index in [0.29, 0.717) is 6.54 Å². The third-order valence-corrected chi connectivity index (χ3v) is 4.37. The van der Waals surface area contributed by atoms with Gasteiger partial charge in [0.05, 0.1) is 4.92 Å². The summed E-state index contributed by atoms with van der Waals surface area (Å²) in [5.74, 6) is -0.0140. The number of nitro benzene ring substituents is 1. The Morgan fingerprint density at radius 3 is 2.63 bits per heavy atom. The SMILES string of the molecule is NC[C@H](c1cccc([N+](=O)[O-])c1)C1(CO)CCCC1. The lowest BCUT2D eigenvalue weighted by Gasteiger charge is -2.35. The van der Waals surface area contributed by atoms with E-state index in [1.165, 1.54) is 6.07 Å². The quantitative estimate of drug-likeness (QED) is 0.630. The lowest BCUT2D eigenvalue weighted by Crippen LogP contribution is -2.34. The minimum absolute atomic E-state index is 0.0140. The molecular formula is C14H20N2O3. The molecule has 19 heavy (non-hydrogen) atoms. The van der Waals surface area contributed by atoms with Crippen LogP contribution in [0.15, 0.2) is 24.3 Å². The number of nitrogens with two attached hydrogens (primary N) is 1. The van der Waals surface area contributed by atoms with Crippen LogP contribution in [0.1, 0.15) is 37.2 Å². The fourth-order valence-corrected chi connectivity index (χ4v) is 3.29. The zero-order valence-corrected chi connectivity index (χ0v) is 10.9. The second kappa shape index (κ2) is 5.67. The first-order valence-corrected chi connectivity index (χ1v) is 6.68. The first-order chi connectivity index (χ1) is 9.13. The highest BCUT2D eigenvalue weighted by Gasteiger charge is 2.41. The molecule has 1 atom stereocenters. The normalized spacial score (nSPS) is 19.3.